The van der Waals surface area contributed by atoms with Crippen molar-refractivity contribution in [2.75, 3.05) is 20.1 Å². The highest BCUT2D eigenvalue weighted by molar-refractivity contribution is 5.37. The Kier molecular flexibility index (Phi) is 6.02. The molecule has 100 valence electrons. The Morgan fingerprint density at radius 1 is 1.47 bits per heavy atom. The monoisotopic (exact) mass is 259 g/mol. The van der Waals surface area contributed by atoms with E-state index in [0.29, 0.717) is 24.2 Å². The van der Waals surface area contributed by atoms with Crippen molar-refractivity contribution in [3.63, 3.8) is 0 Å². The van der Waals surface area contributed by atoms with Crippen LogP contribution < -0.4 is 5.73 Å². The summed E-state index contributed by atoms with van der Waals surface area (Å²) in [6.45, 7) is 3.20. The molecule has 0 saturated heterocycles. The van der Waals surface area contributed by atoms with Crippen molar-refractivity contribution in [1.82, 2.24) is 4.90 Å². The minimum absolute atomic E-state index is 0.0669. The van der Waals surface area contributed by atoms with Crippen LogP contribution in [0.15, 0.2) is 18.2 Å². The molecule has 0 amide bonds. The second-order valence-corrected chi connectivity index (χ2v) is 4.54. The summed E-state index contributed by atoms with van der Waals surface area (Å²) in [6, 6.07) is 7.09. The van der Waals surface area contributed by atoms with Crippen LogP contribution in [0.2, 0.25) is 0 Å². The fourth-order valence-electron chi connectivity index (χ4n) is 1.77. The molecule has 0 radical (unpaired) electrons. The number of hydrogen-bond donors (Lipinski definition) is 1. The lowest BCUT2D eigenvalue weighted by atomic mass is 10.1. The number of halogens is 1. The van der Waals surface area contributed by atoms with Gasteiger partial charge in [0.05, 0.1) is 18.5 Å². The lowest BCUT2D eigenvalue weighted by molar-refractivity contribution is 0.298. The highest BCUT2D eigenvalue weighted by Crippen LogP contribution is 2.12. The van der Waals surface area contributed by atoms with E-state index in [9.17, 15) is 4.39 Å². The molecule has 0 saturated carbocycles. The summed E-state index contributed by atoms with van der Waals surface area (Å²) in [5.41, 5.74) is 6.50. The van der Waals surface area contributed by atoms with E-state index in [1.54, 1.807) is 12.1 Å². The molecule has 1 aromatic carbocycles. The lowest BCUT2D eigenvalue weighted by Gasteiger charge is -2.18. The SMILES string of the molecule is CC(C#N)CN(C)Cc1ccc(C#CCN)cc1F. The van der Waals surface area contributed by atoms with Crippen LogP contribution in [0.3, 0.4) is 0 Å². The maximum atomic E-state index is 13.9. The predicted octanol–water partition coefficient (Wildman–Crippen LogP) is 1.73. The second kappa shape index (κ2) is 7.53. The van der Waals surface area contributed by atoms with Crippen molar-refractivity contribution < 1.29 is 4.39 Å². The Balaban J connectivity index is 2.72. The molecule has 0 aliphatic rings. The van der Waals surface area contributed by atoms with Crippen molar-refractivity contribution >= 4 is 0 Å². The van der Waals surface area contributed by atoms with Gasteiger partial charge in [-0.05, 0) is 26.1 Å². The zero-order valence-electron chi connectivity index (χ0n) is 11.3. The third-order valence-corrected chi connectivity index (χ3v) is 2.63. The van der Waals surface area contributed by atoms with E-state index in [1.807, 2.05) is 18.9 Å². The first-order valence-corrected chi connectivity index (χ1v) is 6.12. The van der Waals surface area contributed by atoms with Gasteiger partial charge in [-0.15, -0.1) is 0 Å². The molecule has 0 aliphatic heterocycles. The molecular formula is C15H18FN3. The molecule has 0 spiro atoms. The van der Waals surface area contributed by atoms with Gasteiger partial charge in [-0.2, -0.15) is 5.26 Å². The molecule has 19 heavy (non-hydrogen) atoms. The van der Waals surface area contributed by atoms with Crippen molar-refractivity contribution in [3.8, 4) is 17.9 Å². The highest BCUT2D eigenvalue weighted by atomic mass is 19.1. The predicted molar refractivity (Wildman–Crippen MR) is 73.4 cm³/mol. The van der Waals surface area contributed by atoms with Crippen LogP contribution in [0.25, 0.3) is 0 Å². The minimum Gasteiger partial charge on any atom is -0.320 e. The number of hydrogen-bond acceptors (Lipinski definition) is 3. The van der Waals surface area contributed by atoms with E-state index >= 15 is 0 Å². The first-order valence-electron chi connectivity index (χ1n) is 6.12. The zero-order valence-corrected chi connectivity index (χ0v) is 11.3. The van der Waals surface area contributed by atoms with Gasteiger partial charge < -0.3 is 10.6 Å². The summed E-state index contributed by atoms with van der Waals surface area (Å²) in [7, 11) is 1.87. The molecule has 3 nitrogen and oxygen atoms in total. The standard InChI is InChI=1S/C15H18FN3/c1-12(9-18)10-19(2)11-14-6-5-13(4-3-7-17)8-15(14)16/h5-6,8,12H,7,10-11,17H2,1-2H3. The molecule has 1 aromatic rings. The van der Waals surface area contributed by atoms with Crippen LogP contribution in [0.1, 0.15) is 18.1 Å². The molecule has 0 aromatic heterocycles. The number of nitrogens with two attached hydrogens (primary N) is 1. The van der Waals surface area contributed by atoms with Gasteiger partial charge in [-0.25, -0.2) is 4.39 Å². The van der Waals surface area contributed by atoms with Crippen molar-refractivity contribution in [1.29, 1.82) is 5.26 Å². The summed E-state index contributed by atoms with van der Waals surface area (Å²) in [4.78, 5) is 1.93. The van der Waals surface area contributed by atoms with Crippen LogP contribution in [0.4, 0.5) is 4.39 Å². The number of rotatable bonds is 4. The highest BCUT2D eigenvalue weighted by Gasteiger charge is 2.09. The van der Waals surface area contributed by atoms with E-state index in [1.165, 1.54) is 6.07 Å². The van der Waals surface area contributed by atoms with E-state index in [4.69, 9.17) is 11.0 Å². The van der Waals surface area contributed by atoms with Gasteiger partial charge in [0, 0.05) is 24.2 Å². The first-order chi connectivity index (χ1) is 9.06. The summed E-state index contributed by atoms with van der Waals surface area (Å²) < 4.78 is 13.9. The third kappa shape index (κ3) is 5.09. The van der Waals surface area contributed by atoms with Gasteiger partial charge in [-0.1, -0.05) is 17.9 Å². The molecule has 0 fully saturated rings. The van der Waals surface area contributed by atoms with E-state index in [-0.39, 0.29) is 18.3 Å². The zero-order chi connectivity index (χ0) is 14.3. The van der Waals surface area contributed by atoms with Crippen LogP contribution in [-0.4, -0.2) is 25.0 Å². The molecule has 0 heterocycles. The Labute approximate surface area is 113 Å². The maximum absolute atomic E-state index is 13.9. The van der Waals surface area contributed by atoms with Gasteiger partial charge >= 0.3 is 0 Å². The molecule has 1 rings (SSSR count). The quantitative estimate of drug-likeness (QED) is 0.838. The van der Waals surface area contributed by atoms with Gasteiger partial charge in [0.1, 0.15) is 5.82 Å². The Morgan fingerprint density at radius 3 is 2.79 bits per heavy atom. The minimum atomic E-state index is -0.278. The number of benzene rings is 1. The van der Waals surface area contributed by atoms with Crippen LogP contribution >= 0.6 is 0 Å². The molecule has 1 unspecified atom stereocenters. The Bertz CT molecular complexity index is 522. The largest absolute Gasteiger partial charge is 0.320 e. The maximum Gasteiger partial charge on any atom is 0.128 e. The van der Waals surface area contributed by atoms with Gasteiger partial charge in [0.25, 0.3) is 0 Å². The normalized spacial score (nSPS) is 11.6. The Morgan fingerprint density at radius 2 is 2.21 bits per heavy atom. The smallest absolute Gasteiger partial charge is 0.128 e. The fraction of sp³-hybridized carbons (Fsp3) is 0.400. The van der Waals surface area contributed by atoms with Crippen molar-refractivity contribution in [2.45, 2.75) is 13.5 Å². The summed E-state index contributed by atoms with van der Waals surface area (Å²) in [5, 5.41) is 8.75. The number of nitriles is 1. The van der Waals surface area contributed by atoms with E-state index < -0.39 is 0 Å². The summed E-state index contributed by atoms with van der Waals surface area (Å²) in [6.07, 6.45) is 0. The fourth-order valence-corrected chi connectivity index (χ4v) is 1.77. The van der Waals surface area contributed by atoms with Gasteiger partial charge in [-0.3, -0.25) is 0 Å². The van der Waals surface area contributed by atoms with Gasteiger partial charge in [0.15, 0.2) is 0 Å². The molecule has 1 atom stereocenters. The van der Waals surface area contributed by atoms with Crippen LogP contribution in [0.5, 0.6) is 0 Å². The van der Waals surface area contributed by atoms with Crippen LogP contribution in [-0.2, 0) is 6.54 Å². The molecule has 0 aliphatic carbocycles. The lowest BCUT2D eigenvalue weighted by Crippen LogP contribution is -2.23. The summed E-state index contributed by atoms with van der Waals surface area (Å²) >= 11 is 0. The first kappa shape index (κ1) is 15.2. The summed E-state index contributed by atoms with van der Waals surface area (Å²) in [5.74, 6) is 5.14. The van der Waals surface area contributed by atoms with Crippen molar-refractivity contribution in [2.24, 2.45) is 11.7 Å². The second-order valence-electron chi connectivity index (χ2n) is 4.54. The molecule has 4 heteroatoms. The topological polar surface area (TPSA) is 53.0 Å². The average Bonchev–Trinajstić information content (AvgIpc) is 2.39. The van der Waals surface area contributed by atoms with Gasteiger partial charge in [0.2, 0.25) is 0 Å². The van der Waals surface area contributed by atoms with Crippen molar-refractivity contribution in [3.05, 3.63) is 35.1 Å². The third-order valence-electron chi connectivity index (χ3n) is 2.63. The van der Waals surface area contributed by atoms with E-state index in [2.05, 4.69) is 17.9 Å². The Hall–Kier alpha value is -1.88. The molecular weight excluding hydrogens is 241 g/mol. The molecule has 2 N–H and O–H groups in total. The van der Waals surface area contributed by atoms with E-state index in [0.717, 1.165) is 0 Å². The number of nitrogens with zero attached hydrogens (tertiary/aromatic N) is 2. The molecule has 0 bridgehead atoms. The van der Waals surface area contributed by atoms with Crippen LogP contribution in [0, 0.1) is 34.9 Å². The average molecular weight is 259 g/mol.